The first-order chi connectivity index (χ1) is 17.9. The van der Waals surface area contributed by atoms with Crippen LogP contribution in [0.3, 0.4) is 0 Å². The van der Waals surface area contributed by atoms with E-state index in [4.69, 9.17) is 9.47 Å². The van der Waals surface area contributed by atoms with Crippen LogP contribution in [-0.2, 0) is 4.79 Å². The van der Waals surface area contributed by atoms with E-state index >= 15 is 0 Å². The van der Waals surface area contributed by atoms with Gasteiger partial charge in [-0.25, -0.2) is 0 Å². The molecule has 0 aliphatic carbocycles. The fourth-order valence-corrected chi connectivity index (χ4v) is 4.80. The highest BCUT2D eigenvalue weighted by molar-refractivity contribution is 5.76. The van der Waals surface area contributed by atoms with E-state index in [0.717, 1.165) is 18.4 Å². The maximum Gasteiger partial charge on any atom is 0.220 e. The number of hydrogen-bond donors (Lipinski definition) is 2. The first-order valence-electron chi connectivity index (χ1n) is 15.0. The number of carbonyl (C=O) groups excluding carboxylic acids is 1. The molecule has 0 bridgehead atoms. The van der Waals surface area contributed by atoms with Crippen LogP contribution in [0.1, 0.15) is 122 Å². The van der Waals surface area contributed by atoms with E-state index in [1.807, 2.05) is 25.2 Å². The Morgan fingerprint density at radius 2 is 1.43 bits per heavy atom. The lowest BCUT2D eigenvalue weighted by Crippen LogP contribution is -2.47. The molecule has 1 aromatic rings. The molecule has 6 nitrogen and oxygen atoms in total. The van der Waals surface area contributed by atoms with Crippen LogP contribution in [-0.4, -0.2) is 54.8 Å². The molecule has 212 valence electrons. The quantitative estimate of drug-likeness (QED) is 0.186. The molecule has 2 atom stereocenters. The second kappa shape index (κ2) is 18.5. The minimum absolute atomic E-state index is 0.0156. The summed E-state index contributed by atoms with van der Waals surface area (Å²) >= 11 is 0. The molecule has 0 spiro atoms. The lowest BCUT2D eigenvalue weighted by molar-refractivity contribution is -0.123. The maximum atomic E-state index is 12.8. The van der Waals surface area contributed by atoms with Gasteiger partial charge in [-0.1, -0.05) is 90.0 Å². The van der Waals surface area contributed by atoms with Crippen molar-refractivity contribution in [2.75, 3.05) is 26.8 Å². The van der Waals surface area contributed by atoms with Crippen LogP contribution in [0.2, 0.25) is 0 Å². The summed E-state index contributed by atoms with van der Waals surface area (Å²) in [5.41, 5.74) is 0.729. The number of benzene rings is 1. The Morgan fingerprint density at radius 3 is 2.00 bits per heavy atom. The Morgan fingerprint density at radius 1 is 0.892 bits per heavy atom. The third-order valence-corrected chi connectivity index (χ3v) is 7.51. The SMILES string of the molecule is CCCCCCCCCCCCCCCC(=O)N[C@H](CN(C)C(C)C)[C@@H](O)c1ccc2c(c1)OCCO2. The predicted octanol–water partition coefficient (Wildman–Crippen LogP) is 6.80. The number of nitrogens with one attached hydrogen (secondary N) is 1. The standard InChI is InChI=1S/C31H54N2O4/c1-5-6-7-8-9-10-11-12-13-14-15-16-17-18-30(34)32-27(24-33(4)25(2)3)31(35)26-19-20-28-29(23-26)37-22-21-36-28/h19-20,23,25,27,31,35H,5-18,21-22,24H2,1-4H3,(H,32,34)/t27-,31+/m1/s1. The molecular formula is C31H54N2O4. The Bertz CT molecular complexity index is 755. The average molecular weight is 519 g/mol. The van der Waals surface area contributed by atoms with E-state index in [0.29, 0.717) is 43.7 Å². The topological polar surface area (TPSA) is 71.0 Å². The number of rotatable bonds is 20. The van der Waals surface area contributed by atoms with Gasteiger partial charge < -0.3 is 24.8 Å². The molecule has 37 heavy (non-hydrogen) atoms. The van der Waals surface area contributed by atoms with Crippen LogP contribution in [0.15, 0.2) is 18.2 Å². The van der Waals surface area contributed by atoms with Gasteiger partial charge >= 0.3 is 0 Å². The van der Waals surface area contributed by atoms with Crippen molar-refractivity contribution in [3.63, 3.8) is 0 Å². The Hall–Kier alpha value is -1.79. The second-order valence-corrected chi connectivity index (χ2v) is 11.0. The fraction of sp³-hybridized carbons (Fsp3) is 0.774. The zero-order chi connectivity index (χ0) is 26.9. The molecule has 2 N–H and O–H groups in total. The Balaban J connectivity index is 1.70. The average Bonchev–Trinajstić information content (AvgIpc) is 2.90. The van der Waals surface area contributed by atoms with E-state index in [1.54, 1.807) is 0 Å². The van der Waals surface area contributed by atoms with Crippen molar-refractivity contribution in [3.8, 4) is 11.5 Å². The smallest absolute Gasteiger partial charge is 0.220 e. The molecule has 0 saturated heterocycles. The number of hydrogen-bond acceptors (Lipinski definition) is 5. The van der Waals surface area contributed by atoms with Crippen molar-refractivity contribution in [1.29, 1.82) is 0 Å². The van der Waals surface area contributed by atoms with Crippen LogP contribution in [0.5, 0.6) is 11.5 Å². The van der Waals surface area contributed by atoms with Crippen molar-refractivity contribution in [2.45, 2.75) is 129 Å². The van der Waals surface area contributed by atoms with Gasteiger partial charge in [-0.3, -0.25) is 4.79 Å². The van der Waals surface area contributed by atoms with E-state index in [1.165, 1.54) is 70.6 Å². The predicted molar refractivity (Wildman–Crippen MR) is 152 cm³/mol. The number of nitrogens with zero attached hydrogens (tertiary/aromatic N) is 1. The highest BCUT2D eigenvalue weighted by Crippen LogP contribution is 2.33. The molecule has 1 heterocycles. The minimum atomic E-state index is -0.826. The number of ether oxygens (including phenoxy) is 2. The number of aliphatic hydroxyl groups excluding tert-OH is 1. The molecule has 0 saturated carbocycles. The van der Waals surface area contributed by atoms with E-state index in [-0.39, 0.29) is 5.91 Å². The zero-order valence-electron chi connectivity index (χ0n) is 24.1. The summed E-state index contributed by atoms with van der Waals surface area (Å²) in [6, 6.07) is 5.45. The first kappa shape index (κ1) is 31.4. The van der Waals surface area contributed by atoms with Crippen LogP contribution in [0.4, 0.5) is 0 Å². The van der Waals surface area contributed by atoms with E-state index in [9.17, 15) is 9.90 Å². The van der Waals surface area contributed by atoms with Gasteiger partial charge in [0, 0.05) is 19.0 Å². The molecule has 0 aromatic heterocycles. The lowest BCUT2D eigenvalue weighted by atomic mass is 10.00. The fourth-order valence-electron chi connectivity index (χ4n) is 4.80. The van der Waals surface area contributed by atoms with E-state index < -0.39 is 12.1 Å². The lowest BCUT2D eigenvalue weighted by Gasteiger charge is -2.31. The summed E-state index contributed by atoms with van der Waals surface area (Å²) in [5, 5.41) is 14.3. The van der Waals surface area contributed by atoms with Crippen molar-refractivity contribution >= 4 is 5.91 Å². The van der Waals surface area contributed by atoms with Gasteiger partial charge in [0.2, 0.25) is 5.91 Å². The summed E-state index contributed by atoms with van der Waals surface area (Å²) in [7, 11) is 2.02. The Kier molecular flexibility index (Phi) is 15.7. The molecule has 2 rings (SSSR count). The molecule has 1 aliphatic rings. The van der Waals surface area contributed by atoms with Gasteiger partial charge in [0.25, 0.3) is 0 Å². The van der Waals surface area contributed by atoms with Crippen molar-refractivity contribution in [2.24, 2.45) is 0 Å². The summed E-state index contributed by atoms with van der Waals surface area (Å²) < 4.78 is 11.3. The molecule has 0 unspecified atom stereocenters. The normalized spacial score (nSPS) is 14.7. The zero-order valence-corrected chi connectivity index (χ0v) is 24.1. The summed E-state index contributed by atoms with van der Waals surface area (Å²) in [6.45, 7) is 8.10. The third kappa shape index (κ3) is 12.5. The molecule has 1 amide bonds. The molecule has 0 fully saturated rings. The van der Waals surface area contributed by atoms with Gasteiger partial charge in [-0.2, -0.15) is 0 Å². The van der Waals surface area contributed by atoms with Crippen LogP contribution in [0, 0.1) is 0 Å². The van der Waals surface area contributed by atoms with Gasteiger partial charge in [0.15, 0.2) is 11.5 Å². The number of likely N-dealkylation sites (N-methyl/N-ethyl adjacent to an activating group) is 1. The molecular weight excluding hydrogens is 464 g/mol. The van der Waals surface area contributed by atoms with E-state index in [2.05, 4.69) is 31.0 Å². The van der Waals surface area contributed by atoms with Gasteiger partial charge in [-0.05, 0) is 45.0 Å². The monoisotopic (exact) mass is 518 g/mol. The van der Waals surface area contributed by atoms with Crippen molar-refractivity contribution in [1.82, 2.24) is 10.2 Å². The van der Waals surface area contributed by atoms with Crippen molar-refractivity contribution in [3.05, 3.63) is 23.8 Å². The number of unbranched alkanes of at least 4 members (excludes halogenated alkanes) is 12. The molecule has 6 heteroatoms. The van der Waals surface area contributed by atoms with Crippen LogP contribution >= 0.6 is 0 Å². The third-order valence-electron chi connectivity index (χ3n) is 7.51. The maximum absolute atomic E-state index is 12.8. The van der Waals surface area contributed by atoms with Gasteiger partial charge in [0.05, 0.1) is 6.04 Å². The Labute approximate surface area is 226 Å². The highest BCUT2D eigenvalue weighted by atomic mass is 16.6. The largest absolute Gasteiger partial charge is 0.486 e. The van der Waals surface area contributed by atoms with Crippen molar-refractivity contribution < 1.29 is 19.4 Å². The van der Waals surface area contributed by atoms with Gasteiger partial charge in [-0.15, -0.1) is 0 Å². The highest BCUT2D eigenvalue weighted by Gasteiger charge is 2.26. The summed E-state index contributed by atoms with van der Waals surface area (Å²) in [5.74, 6) is 1.36. The number of carbonyl (C=O) groups is 1. The van der Waals surface area contributed by atoms with Crippen LogP contribution < -0.4 is 14.8 Å². The second-order valence-electron chi connectivity index (χ2n) is 11.0. The van der Waals surface area contributed by atoms with Gasteiger partial charge in [0.1, 0.15) is 19.3 Å². The minimum Gasteiger partial charge on any atom is -0.486 e. The number of amides is 1. The molecule has 1 aromatic carbocycles. The number of aliphatic hydroxyl groups is 1. The molecule has 1 aliphatic heterocycles. The molecule has 0 radical (unpaired) electrons. The number of fused-ring (bicyclic) bond motifs is 1. The first-order valence-corrected chi connectivity index (χ1v) is 15.0. The summed E-state index contributed by atoms with van der Waals surface area (Å²) in [6.07, 6.45) is 16.4. The summed E-state index contributed by atoms with van der Waals surface area (Å²) in [4.78, 5) is 14.9. The van der Waals surface area contributed by atoms with Crippen LogP contribution in [0.25, 0.3) is 0 Å².